The topological polar surface area (TPSA) is 12.0 Å². The van der Waals surface area contributed by atoms with Crippen LogP contribution in [-0.2, 0) is 0 Å². The van der Waals surface area contributed by atoms with Crippen molar-refractivity contribution in [2.24, 2.45) is 0 Å². The van der Waals surface area contributed by atoms with Crippen LogP contribution in [0.4, 0.5) is 4.39 Å². The summed E-state index contributed by atoms with van der Waals surface area (Å²) in [5, 5.41) is 3.47. The minimum atomic E-state index is -0.146. The molecule has 1 nitrogen and oxygen atoms in total. The minimum Gasteiger partial charge on any atom is -0.310 e. The molecular formula is C14H22FN. The zero-order chi connectivity index (χ0) is 12.0. The lowest BCUT2D eigenvalue weighted by Gasteiger charge is -2.20. The van der Waals surface area contributed by atoms with E-state index in [-0.39, 0.29) is 5.82 Å². The SMILES string of the molecule is CCCCC(NCC)c1ccc(F)cc1C. The van der Waals surface area contributed by atoms with Gasteiger partial charge in [0, 0.05) is 6.04 Å². The van der Waals surface area contributed by atoms with Crippen molar-refractivity contribution in [3.8, 4) is 0 Å². The Kier molecular flexibility index (Phi) is 5.47. The molecule has 0 radical (unpaired) electrons. The van der Waals surface area contributed by atoms with E-state index >= 15 is 0 Å². The van der Waals surface area contributed by atoms with E-state index in [4.69, 9.17) is 0 Å². The first kappa shape index (κ1) is 13.2. The zero-order valence-electron chi connectivity index (χ0n) is 10.5. The van der Waals surface area contributed by atoms with Gasteiger partial charge in [-0.25, -0.2) is 4.39 Å². The molecular weight excluding hydrogens is 201 g/mol. The Morgan fingerprint density at radius 1 is 1.31 bits per heavy atom. The van der Waals surface area contributed by atoms with Crippen molar-refractivity contribution >= 4 is 0 Å². The monoisotopic (exact) mass is 223 g/mol. The third kappa shape index (κ3) is 3.60. The number of hydrogen-bond donors (Lipinski definition) is 1. The van der Waals surface area contributed by atoms with Gasteiger partial charge < -0.3 is 5.32 Å². The molecule has 1 rings (SSSR count). The largest absolute Gasteiger partial charge is 0.310 e. The van der Waals surface area contributed by atoms with Crippen molar-refractivity contribution in [1.29, 1.82) is 0 Å². The number of aryl methyl sites for hydroxylation is 1. The molecule has 0 saturated carbocycles. The van der Waals surface area contributed by atoms with E-state index in [1.165, 1.54) is 18.4 Å². The van der Waals surface area contributed by atoms with Gasteiger partial charge in [-0.1, -0.05) is 32.8 Å². The molecule has 90 valence electrons. The molecule has 0 saturated heterocycles. The third-order valence-corrected chi connectivity index (χ3v) is 2.90. The summed E-state index contributed by atoms with van der Waals surface area (Å²) in [4.78, 5) is 0. The van der Waals surface area contributed by atoms with Crippen LogP contribution in [0.25, 0.3) is 0 Å². The van der Waals surface area contributed by atoms with E-state index in [0.29, 0.717) is 6.04 Å². The van der Waals surface area contributed by atoms with Crippen LogP contribution in [0, 0.1) is 12.7 Å². The molecule has 0 aliphatic heterocycles. The fourth-order valence-electron chi connectivity index (χ4n) is 2.05. The summed E-state index contributed by atoms with van der Waals surface area (Å²) in [6.45, 7) is 7.23. The van der Waals surface area contributed by atoms with Gasteiger partial charge in [0.25, 0.3) is 0 Å². The Bertz CT molecular complexity index is 323. The van der Waals surface area contributed by atoms with Crippen LogP contribution < -0.4 is 5.32 Å². The molecule has 2 heteroatoms. The second-order valence-corrected chi connectivity index (χ2v) is 4.25. The Labute approximate surface area is 98.1 Å². The first-order valence-electron chi connectivity index (χ1n) is 6.18. The van der Waals surface area contributed by atoms with E-state index in [2.05, 4.69) is 19.2 Å². The molecule has 0 amide bonds. The molecule has 1 aromatic rings. The highest BCUT2D eigenvalue weighted by atomic mass is 19.1. The predicted molar refractivity (Wildman–Crippen MR) is 67.1 cm³/mol. The number of halogens is 1. The minimum absolute atomic E-state index is 0.146. The molecule has 1 atom stereocenters. The lowest BCUT2D eigenvalue weighted by atomic mass is 9.97. The van der Waals surface area contributed by atoms with Gasteiger partial charge in [-0.3, -0.25) is 0 Å². The summed E-state index contributed by atoms with van der Waals surface area (Å²) >= 11 is 0. The highest BCUT2D eigenvalue weighted by molar-refractivity contribution is 5.29. The van der Waals surface area contributed by atoms with Gasteiger partial charge in [0.1, 0.15) is 5.82 Å². The summed E-state index contributed by atoms with van der Waals surface area (Å²) < 4.78 is 13.0. The van der Waals surface area contributed by atoms with Gasteiger partial charge in [-0.05, 0) is 43.1 Å². The summed E-state index contributed by atoms with van der Waals surface area (Å²) in [5.41, 5.74) is 2.28. The maximum absolute atomic E-state index is 13.0. The van der Waals surface area contributed by atoms with Crippen LogP contribution in [0.15, 0.2) is 18.2 Å². The van der Waals surface area contributed by atoms with Gasteiger partial charge in [0.05, 0.1) is 0 Å². The van der Waals surface area contributed by atoms with Gasteiger partial charge in [-0.15, -0.1) is 0 Å². The number of rotatable bonds is 6. The second-order valence-electron chi connectivity index (χ2n) is 4.25. The number of unbranched alkanes of at least 4 members (excludes halogenated alkanes) is 1. The third-order valence-electron chi connectivity index (χ3n) is 2.90. The van der Waals surface area contributed by atoms with Crippen LogP contribution in [0.2, 0.25) is 0 Å². The van der Waals surface area contributed by atoms with Crippen molar-refractivity contribution in [2.75, 3.05) is 6.54 Å². The summed E-state index contributed by atoms with van der Waals surface area (Å²) in [6, 6.07) is 5.45. The highest BCUT2D eigenvalue weighted by Crippen LogP contribution is 2.23. The number of benzene rings is 1. The quantitative estimate of drug-likeness (QED) is 0.769. The Morgan fingerprint density at radius 2 is 2.06 bits per heavy atom. The van der Waals surface area contributed by atoms with Gasteiger partial charge in [0.2, 0.25) is 0 Å². The van der Waals surface area contributed by atoms with Crippen molar-refractivity contribution < 1.29 is 4.39 Å². The van der Waals surface area contributed by atoms with Gasteiger partial charge in [-0.2, -0.15) is 0 Å². The molecule has 0 heterocycles. The first-order chi connectivity index (χ1) is 7.69. The van der Waals surface area contributed by atoms with Crippen molar-refractivity contribution in [3.63, 3.8) is 0 Å². The number of nitrogens with one attached hydrogen (secondary N) is 1. The molecule has 0 aromatic heterocycles. The zero-order valence-corrected chi connectivity index (χ0v) is 10.5. The summed E-state index contributed by atoms with van der Waals surface area (Å²) in [6.07, 6.45) is 3.52. The molecule has 1 unspecified atom stereocenters. The van der Waals surface area contributed by atoms with E-state index in [0.717, 1.165) is 18.5 Å². The van der Waals surface area contributed by atoms with E-state index < -0.39 is 0 Å². The molecule has 0 aliphatic rings. The second kappa shape index (κ2) is 6.64. The molecule has 16 heavy (non-hydrogen) atoms. The molecule has 0 spiro atoms. The van der Waals surface area contributed by atoms with E-state index in [1.54, 1.807) is 12.1 Å². The highest BCUT2D eigenvalue weighted by Gasteiger charge is 2.12. The molecule has 1 aromatic carbocycles. The first-order valence-corrected chi connectivity index (χ1v) is 6.18. The number of hydrogen-bond acceptors (Lipinski definition) is 1. The molecule has 0 fully saturated rings. The Balaban J connectivity index is 2.82. The van der Waals surface area contributed by atoms with Crippen molar-refractivity contribution in [3.05, 3.63) is 35.1 Å². The predicted octanol–water partition coefficient (Wildman–Crippen LogP) is 3.97. The van der Waals surface area contributed by atoms with Crippen LogP contribution in [-0.4, -0.2) is 6.54 Å². The maximum atomic E-state index is 13.0. The summed E-state index contributed by atoms with van der Waals surface area (Å²) in [5.74, 6) is -0.146. The Hall–Kier alpha value is -0.890. The maximum Gasteiger partial charge on any atom is 0.123 e. The van der Waals surface area contributed by atoms with Crippen LogP contribution in [0.3, 0.4) is 0 Å². The standard InChI is InChI=1S/C14H22FN/c1-4-6-7-14(16-5-2)13-9-8-12(15)10-11(13)3/h8-10,14,16H,4-7H2,1-3H3. The van der Waals surface area contributed by atoms with Crippen LogP contribution >= 0.6 is 0 Å². The van der Waals surface area contributed by atoms with Gasteiger partial charge >= 0.3 is 0 Å². The van der Waals surface area contributed by atoms with Crippen molar-refractivity contribution in [2.45, 2.75) is 46.1 Å². The lowest BCUT2D eigenvalue weighted by Crippen LogP contribution is -2.21. The van der Waals surface area contributed by atoms with Crippen LogP contribution in [0.5, 0.6) is 0 Å². The van der Waals surface area contributed by atoms with E-state index in [1.807, 2.05) is 13.0 Å². The fourth-order valence-corrected chi connectivity index (χ4v) is 2.05. The normalized spacial score (nSPS) is 12.8. The smallest absolute Gasteiger partial charge is 0.123 e. The van der Waals surface area contributed by atoms with Crippen molar-refractivity contribution in [1.82, 2.24) is 5.32 Å². The fraction of sp³-hybridized carbons (Fsp3) is 0.571. The van der Waals surface area contributed by atoms with Crippen LogP contribution in [0.1, 0.15) is 50.3 Å². The molecule has 1 N–H and O–H groups in total. The van der Waals surface area contributed by atoms with Gasteiger partial charge in [0.15, 0.2) is 0 Å². The molecule has 0 aliphatic carbocycles. The Morgan fingerprint density at radius 3 is 2.62 bits per heavy atom. The van der Waals surface area contributed by atoms with E-state index in [9.17, 15) is 4.39 Å². The summed E-state index contributed by atoms with van der Waals surface area (Å²) in [7, 11) is 0. The molecule has 0 bridgehead atoms. The average Bonchev–Trinajstić information content (AvgIpc) is 2.25. The average molecular weight is 223 g/mol. The lowest BCUT2D eigenvalue weighted by molar-refractivity contribution is 0.491.